The van der Waals surface area contributed by atoms with Crippen LogP contribution < -0.4 is 0 Å². The Morgan fingerprint density at radius 3 is 2.37 bits per heavy atom. The quantitative estimate of drug-likeness (QED) is 0.738. The number of aryl methyl sites for hydroxylation is 1. The van der Waals surface area contributed by atoms with Gasteiger partial charge in [-0.1, -0.05) is 18.2 Å². The first-order valence-corrected chi connectivity index (χ1v) is 5.59. The van der Waals surface area contributed by atoms with E-state index in [-0.39, 0.29) is 0 Å². The maximum absolute atomic E-state index is 12.8. The second kappa shape index (κ2) is 4.77. The lowest BCUT2D eigenvalue weighted by molar-refractivity contribution is -0.137. The summed E-state index contributed by atoms with van der Waals surface area (Å²) in [6, 6.07) is 12.4. The van der Waals surface area contributed by atoms with Crippen LogP contribution in [0.25, 0.3) is 11.1 Å². The highest BCUT2D eigenvalue weighted by atomic mass is 19.4. The van der Waals surface area contributed by atoms with E-state index >= 15 is 0 Å². The fourth-order valence-electron chi connectivity index (χ4n) is 1.88. The second-order valence-corrected chi connectivity index (χ2v) is 4.28. The molecule has 1 nitrogen and oxygen atoms in total. The third-order valence-electron chi connectivity index (χ3n) is 2.73. The van der Waals surface area contributed by atoms with E-state index < -0.39 is 11.7 Å². The molecule has 96 valence electrons. The fourth-order valence-corrected chi connectivity index (χ4v) is 1.88. The van der Waals surface area contributed by atoms with E-state index in [1.54, 1.807) is 37.3 Å². The molecule has 0 aliphatic heterocycles. The molecule has 0 saturated heterocycles. The highest BCUT2D eigenvalue weighted by molar-refractivity contribution is 5.67. The lowest BCUT2D eigenvalue weighted by Crippen LogP contribution is -2.05. The maximum atomic E-state index is 12.8. The number of hydrogen-bond acceptors (Lipinski definition) is 1. The average Bonchev–Trinajstić information content (AvgIpc) is 2.37. The van der Waals surface area contributed by atoms with Crippen molar-refractivity contribution in [1.82, 2.24) is 0 Å². The van der Waals surface area contributed by atoms with Crippen molar-refractivity contribution >= 4 is 0 Å². The Morgan fingerprint density at radius 1 is 1.00 bits per heavy atom. The van der Waals surface area contributed by atoms with Crippen molar-refractivity contribution in [2.75, 3.05) is 0 Å². The SMILES string of the molecule is Cc1cc(-c2cccc(C#N)c2)cc(C(F)(F)F)c1. The minimum atomic E-state index is -4.37. The molecule has 0 saturated carbocycles. The Balaban J connectivity index is 2.57. The highest BCUT2D eigenvalue weighted by Gasteiger charge is 2.30. The zero-order chi connectivity index (χ0) is 14.0. The van der Waals surface area contributed by atoms with Gasteiger partial charge in [0.1, 0.15) is 0 Å². The molecule has 0 atom stereocenters. The van der Waals surface area contributed by atoms with Gasteiger partial charge in [-0.3, -0.25) is 0 Å². The Bertz CT molecular complexity index is 651. The van der Waals surface area contributed by atoms with Crippen molar-refractivity contribution in [2.24, 2.45) is 0 Å². The zero-order valence-electron chi connectivity index (χ0n) is 10.1. The predicted octanol–water partition coefficient (Wildman–Crippen LogP) is 4.55. The molecule has 0 unspecified atom stereocenters. The van der Waals surface area contributed by atoms with E-state index in [1.165, 1.54) is 0 Å². The van der Waals surface area contributed by atoms with Crippen molar-refractivity contribution in [1.29, 1.82) is 5.26 Å². The average molecular weight is 261 g/mol. The molecular formula is C15H10F3N. The molecule has 0 aromatic heterocycles. The number of nitrogens with zero attached hydrogens (tertiary/aromatic N) is 1. The van der Waals surface area contributed by atoms with Gasteiger partial charge in [0.25, 0.3) is 0 Å². The van der Waals surface area contributed by atoms with E-state index in [4.69, 9.17) is 5.26 Å². The van der Waals surface area contributed by atoms with Gasteiger partial charge in [-0.15, -0.1) is 0 Å². The van der Waals surface area contributed by atoms with Crippen molar-refractivity contribution < 1.29 is 13.2 Å². The number of alkyl halides is 3. The fraction of sp³-hybridized carbons (Fsp3) is 0.133. The number of halogens is 3. The number of benzene rings is 2. The molecule has 0 radical (unpaired) electrons. The summed E-state index contributed by atoms with van der Waals surface area (Å²) in [6.07, 6.45) is -4.37. The topological polar surface area (TPSA) is 23.8 Å². The van der Waals surface area contributed by atoms with Gasteiger partial charge in [0.05, 0.1) is 17.2 Å². The molecule has 4 heteroatoms. The van der Waals surface area contributed by atoms with Crippen LogP contribution in [0.2, 0.25) is 0 Å². The van der Waals surface area contributed by atoms with Crippen molar-refractivity contribution in [2.45, 2.75) is 13.1 Å². The monoisotopic (exact) mass is 261 g/mol. The number of hydrogen-bond donors (Lipinski definition) is 0. The lowest BCUT2D eigenvalue weighted by Gasteiger charge is -2.11. The van der Waals surface area contributed by atoms with Crippen molar-refractivity contribution in [3.8, 4) is 17.2 Å². The van der Waals surface area contributed by atoms with E-state index in [0.717, 1.165) is 12.1 Å². The smallest absolute Gasteiger partial charge is 0.192 e. The normalized spacial score (nSPS) is 11.1. The largest absolute Gasteiger partial charge is 0.416 e. The lowest BCUT2D eigenvalue weighted by atomic mass is 9.99. The Labute approximate surface area is 108 Å². The molecular weight excluding hydrogens is 251 g/mol. The molecule has 0 aliphatic rings. The van der Waals surface area contributed by atoms with Crippen LogP contribution in [0.15, 0.2) is 42.5 Å². The molecule has 2 aromatic carbocycles. The van der Waals surface area contributed by atoms with E-state index in [9.17, 15) is 13.2 Å². The van der Waals surface area contributed by atoms with Crippen LogP contribution in [0, 0.1) is 18.3 Å². The van der Waals surface area contributed by atoms with Crippen LogP contribution in [0.4, 0.5) is 13.2 Å². The van der Waals surface area contributed by atoms with Crippen LogP contribution in [0.1, 0.15) is 16.7 Å². The van der Waals surface area contributed by atoms with Crippen LogP contribution in [0.3, 0.4) is 0 Å². The van der Waals surface area contributed by atoms with E-state index in [0.29, 0.717) is 22.3 Å². The molecule has 2 aromatic rings. The van der Waals surface area contributed by atoms with Gasteiger partial charge in [0.2, 0.25) is 0 Å². The van der Waals surface area contributed by atoms with Gasteiger partial charge in [-0.05, 0) is 47.9 Å². The number of nitriles is 1. The van der Waals surface area contributed by atoms with Gasteiger partial charge in [-0.2, -0.15) is 18.4 Å². The Kier molecular flexibility index (Phi) is 3.30. The maximum Gasteiger partial charge on any atom is 0.416 e. The standard InChI is InChI=1S/C15H10F3N/c1-10-5-13(8-14(6-10)15(16,17)18)12-4-2-3-11(7-12)9-19/h2-8H,1H3. The van der Waals surface area contributed by atoms with Gasteiger partial charge in [0.15, 0.2) is 0 Å². The van der Waals surface area contributed by atoms with Gasteiger partial charge >= 0.3 is 6.18 Å². The second-order valence-electron chi connectivity index (χ2n) is 4.28. The summed E-state index contributed by atoms with van der Waals surface area (Å²) in [5.41, 5.74) is 1.35. The summed E-state index contributed by atoms with van der Waals surface area (Å²) < 4.78 is 38.3. The van der Waals surface area contributed by atoms with Crippen LogP contribution in [0.5, 0.6) is 0 Å². The minimum absolute atomic E-state index is 0.424. The van der Waals surface area contributed by atoms with Crippen molar-refractivity contribution in [3.63, 3.8) is 0 Å². The van der Waals surface area contributed by atoms with Crippen LogP contribution in [-0.2, 0) is 6.18 Å². The molecule has 2 rings (SSSR count). The van der Waals surface area contributed by atoms with Crippen molar-refractivity contribution in [3.05, 3.63) is 59.2 Å². The third kappa shape index (κ3) is 2.94. The third-order valence-corrected chi connectivity index (χ3v) is 2.73. The Hall–Kier alpha value is -2.28. The molecule has 19 heavy (non-hydrogen) atoms. The summed E-state index contributed by atoms with van der Waals surface area (Å²) in [5.74, 6) is 0. The molecule has 0 spiro atoms. The zero-order valence-corrected chi connectivity index (χ0v) is 10.1. The molecule has 0 aliphatic carbocycles. The first-order chi connectivity index (χ1) is 8.90. The summed E-state index contributed by atoms with van der Waals surface area (Å²) in [5, 5.41) is 8.82. The number of rotatable bonds is 1. The van der Waals surface area contributed by atoms with Gasteiger partial charge < -0.3 is 0 Å². The molecule has 0 N–H and O–H groups in total. The minimum Gasteiger partial charge on any atom is -0.192 e. The molecule has 0 heterocycles. The van der Waals surface area contributed by atoms with E-state index in [1.807, 2.05) is 6.07 Å². The van der Waals surface area contributed by atoms with Crippen LogP contribution >= 0.6 is 0 Å². The summed E-state index contributed by atoms with van der Waals surface area (Å²) in [7, 11) is 0. The van der Waals surface area contributed by atoms with Gasteiger partial charge in [0, 0.05) is 0 Å². The summed E-state index contributed by atoms with van der Waals surface area (Å²) >= 11 is 0. The summed E-state index contributed by atoms with van der Waals surface area (Å²) in [6.45, 7) is 1.62. The highest BCUT2D eigenvalue weighted by Crippen LogP contribution is 2.33. The first-order valence-electron chi connectivity index (χ1n) is 5.59. The summed E-state index contributed by atoms with van der Waals surface area (Å²) in [4.78, 5) is 0. The molecule has 0 bridgehead atoms. The molecule has 0 fully saturated rings. The van der Waals surface area contributed by atoms with Crippen LogP contribution in [-0.4, -0.2) is 0 Å². The predicted molar refractivity (Wildman–Crippen MR) is 66.3 cm³/mol. The first kappa shape index (κ1) is 13.2. The molecule has 0 amide bonds. The van der Waals surface area contributed by atoms with E-state index in [2.05, 4.69) is 0 Å². The Morgan fingerprint density at radius 2 is 1.74 bits per heavy atom. The van der Waals surface area contributed by atoms with Gasteiger partial charge in [-0.25, -0.2) is 0 Å².